The average Bonchev–Trinajstić information content (AvgIpc) is 2.36. The van der Waals surface area contributed by atoms with Crippen LogP contribution in [-0.2, 0) is 6.18 Å². The summed E-state index contributed by atoms with van der Waals surface area (Å²) in [6.45, 7) is 1.87. The zero-order valence-corrected chi connectivity index (χ0v) is 10.9. The summed E-state index contributed by atoms with van der Waals surface area (Å²) in [6.07, 6.45) is -0.980. The predicted octanol–water partition coefficient (Wildman–Crippen LogP) is 3.49. The van der Waals surface area contributed by atoms with Gasteiger partial charge in [0.1, 0.15) is 11.5 Å². The highest BCUT2D eigenvalue weighted by atomic mass is 19.4. The van der Waals surface area contributed by atoms with Crippen LogP contribution in [0.3, 0.4) is 0 Å². The minimum absolute atomic E-state index is 0.0102. The van der Waals surface area contributed by atoms with Crippen molar-refractivity contribution in [1.82, 2.24) is 10.3 Å². The molecule has 6 heteroatoms. The zero-order chi connectivity index (χ0) is 14.4. The molecule has 20 heavy (non-hydrogen) atoms. The van der Waals surface area contributed by atoms with Crippen molar-refractivity contribution < 1.29 is 17.6 Å². The molecule has 1 saturated carbocycles. The van der Waals surface area contributed by atoms with Crippen LogP contribution in [0.2, 0.25) is 0 Å². The largest absolute Gasteiger partial charge is 0.433 e. The molecule has 1 aromatic rings. The third-order valence-corrected chi connectivity index (χ3v) is 4.57. The van der Waals surface area contributed by atoms with Crippen molar-refractivity contribution in [2.45, 2.75) is 37.8 Å². The highest BCUT2D eigenvalue weighted by Gasteiger charge is 2.46. The molecule has 1 spiro atoms. The van der Waals surface area contributed by atoms with E-state index < -0.39 is 17.7 Å². The van der Waals surface area contributed by atoms with Gasteiger partial charge in [0, 0.05) is 5.92 Å². The van der Waals surface area contributed by atoms with Crippen LogP contribution in [0.15, 0.2) is 12.1 Å². The van der Waals surface area contributed by atoms with Gasteiger partial charge in [0.05, 0.1) is 5.69 Å². The molecule has 0 aromatic carbocycles. The molecule has 2 nitrogen and oxygen atoms in total. The van der Waals surface area contributed by atoms with Gasteiger partial charge in [0.15, 0.2) is 0 Å². The second-order valence-corrected chi connectivity index (χ2v) is 5.92. The topological polar surface area (TPSA) is 24.9 Å². The maximum Gasteiger partial charge on any atom is 0.433 e. The first-order chi connectivity index (χ1) is 9.40. The van der Waals surface area contributed by atoms with Gasteiger partial charge < -0.3 is 5.32 Å². The maximum absolute atomic E-state index is 13.7. The number of hydrogen-bond acceptors (Lipinski definition) is 2. The quantitative estimate of drug-likeness (QED) is 0.800. The molecule has 0 atom stereocenters. The van der Waals surface area contributed by atoms with E-state index >= 15 is 0 Å². The van der Waals surface area contributed by atoms with Gasteiger partial charge in [-0.25, -0.2) is 9.37 Å². The number of halogens is 4. The monoisotopic (exact) mass is 288 g/mol. The lowest BCUT2D eigenvalue weighted by Gasteiger charge is -2.50. The third-order valence-electron chi connectivity index (χ3n) is 4.57. The van der Waals surface area contributed by atoms with E-state index in [2.05, 4.69) is 10.3 Å². The molecule has 1 N–H and O–H groups in total. The van der Waals surface area contributed by atoms with Gasteiger partial charge in [-0.05, 0) is 56.3 Å². The Morgan fingerprint density at radius 2 is 1.80 bits per heavy atom. The Morgan fingerprint density at radius 1 is 1.15 bits per heavy atom. The molecule has 0 amide bonds. The van der Waals surface area contributed by atoms with Crippen molar-refractivity contribution in [3.05, 3.63) is 29.3 Å². The Hall–Kier alpha value is -1.17. The summed E-state index contributed by atoms with van der Waals surface area (Å²) < 4.78 is 51.7. The average molecular weight is 288 g/mol. The number of hydrogen-bond donors (Lipinski definition) is 1. The Bertz CT molecular complexity index is 498. The Kier molecular flexibility index (Phi) is 3.23. The first-order valence-corrected chi connectivity index (χ1v) is 6.84. The van der Waals surface area contributed by atoms with Gasteiger partial charge in [-0.2, -0.15) is 13.2 Å². The summed E-state index contributed by atoms with van der Waals surface area (Å²) in [6, 6.07) is 1.59. The molecule has 1 aliphatic heterocycles. The molecule has 1 saturated heterocycles. The van der Waals surface area contributed by atoms with Crippen LogP contribution in [0, 0.1) is 11.2 Å². The fraction of sp³-hybridized carbons (Fsp3) is 0.643. The first-order valence-electron chi connectivity index (χ1n) is 6.84. The van der Waals surface area contributed by atoms with E-state index in [9.17, 15) is 17.6 Å². The van der Waals surface area contributed by atoms with Crippen LogP contribution >= 0.6 is 0 Å². The molecule has 0 radical (unpaired) electrons. The number of alkyl halides is 3. The second-order valence-electron chi connectivity index (χ2n) is 5.92. The fourth-order valence-electron chi connectivity index (χ4n) is 3.45. The molecule has 1 aromatic heterocycles. The molecule has 110 valence electrons. The van der Waals surface area contributed by atoms with E-state index in [0.717, 1.165) is 44.8 Å². The molecule has 2 fully saturated rings. The van der Waals surface area contributed by atoms with Crippen molar-refractivity contribution in [2.24, 2.45) is 5.41 Å². The van der Waals surface area contributed by atoms with E-state index in [1.807, 2.05) is 0 Å². The lowest BCUT2D eigenvalue weighted by Crippen LogP contribution is -2.45. The summed E-state index contributed by atoms with van der Waals surface area (Å²) in [7, 11) is 0. The normalized spacial score (nSPS) is 22.8. The summed E-state index contributed by atoms with van der Waals surface area (Å²) in [5.41, 5.74) is -0.817. The summed E-state index contributed by atoms with van der Waals surface area (Å²) >= 11 is 0. The van der Waals surface area contributed by atoms with Crippen molar-refractivity contribution in [1.29, 1.82) is 0 Å². The number of nitrogens with zero attached hydrogens (tertiary/aromatic N) is 1. The number of nitrogens with one attached hydrogen (secondary N) is 1. The second kappa shape index (κ2) is 4.69. The molecule has 1 aliphatic carbocycles. The summed E-state index contributed by atoms with van der Waals surface area (Å²) in [5, 5.41) is 3.26. The van der Waals surface area contributed by atoms with Crippen LogP contribution in [-0.4, -0.2) is 18.1 Å². The van der Waals surface area contributed by atoms with Crippen molar-refractivity contribution >= 4 is 0 Å². The van der Waals surface area contributed by atoms with Crippen LogP contribution in [0.25, 0.3) is 0 Å². The number of aromatic nitrogens is 1. The lowest BCUT2D eigenvalue weighted by atomic mass is 9.57. The SMILES string of the molecule is Fc1ccc(C(F)(F)F)nc1C1CC2(CCNCC2)C1. The minimum atomic E-state index is -4.52. The molecule has 0 unspecified atom stereocenters. The number of piperidine rings is 1. The van der Waals surface area contributed by atoms with Crippen molar-refractivity contribution in [2.75, 3.05) is 13.1 Å². The molecule has 3 rings (SSSR count). The zero-order valence-electron chi connectivity index (χ0n) is 10.9. The van der Waals surface area contributed by atoms with Gasteiger partial charge in [0.2, 0.25) is 0 Å². The van der Waals surface area contributed by atoms with E-state index in [1.165, 1.54) is 0 Å². The van der Waals surface area contributed by atoms with E-state index in [4.69, 9.17) is 0 Å². The van der Waals surface area contributed by atoms with E-state index in [1.54, 1.807) is 0 Å². The first kappa shape index (κ1) is 13.8. The van der Waals surface area contributed by atoms with Crippen LogP contribution in [0.5, 0.6) is 0 Å². The fourth-order valence-corrected chi connectivity index (χ4v) is 3.45. The summed E-state index contributed by atoms with van der Waals surface area (Å²) in [5.74, 6) is -0.790. The molecule has 2 heterocycles. The molecular formula is C14H16F4N2. The van der Waals surface area contributed by atoms with Gasteiger partial charge in [-0.15, -0.1) is 0 Å². The van der Waals surface area contributed by atoms with Crippen LogP contribution in [0.1, 0.15) is 43.0 Å². The standard InChI is InChI=1S/C14H16F4N2/c15-10-1-2-11(14(16,17)18)20-12(10)9-7-13(8-9)3-5-19-6-4-13/h1-2,9,19H,3-8H2. The molecule has 2 aliphatic rings. The summed E-state index contributed by atoms with van der Waals surface area (Å²) in [4.78, 5) is 3.53. The highest BCUT2D eigenvalue weighted by Crippen LogP contribution is 2.56. The number of pyridine rings is 1. The Morgan fingerprint density at radius 3 is 2.40 bits per heavy atom. The van der Waals surface area contributed by atoms with Crippen LogP contribution < -0.4 is 5.32 Å². The number of rotatable bonds is 1. The Balaban J connectivity index is 1.78. The molecule has 0 bridgehead atoms. The molecular weight excluding hydrogens is 272 g/mol. The van der Waals surface area contributed by atoms with Gasteiger partial charge in [0.25, 0.3) is 0 Å². The highest BCUT2D eigenvalue weighted by molar-refractivity contribution is 5.22. The maximum atomic E-state index is 13.7. The van der Waals surface area contributed by atoms with Crippen molar-refractivity contribution in [3.8, 4) is 0 Å². The van der Waals surface area contributed by atoms with Gasteiger partial charge in [-0.3, -0.25) is 0 Å². The smallest absolute Gasteiger partial charge is 0.317 e. The van der Waals surface area contributed by atoms with Gasteiger partial charge >= 0.3 is 6.18 Å². The van der Waals surface area contributed by atoms with Crippen molar-refractivity contribution in [3.63, 3.8) is 0 Å². The minimum Gasteiger partial charge on any atom is -0.317 e. The van der Waals surface area contributed by atoms with Gasteiger partial charge in [-0.1, -0.05) is 0 Å². The van der Waals surface area contributed by atoms with E-state index in [0.29, 0.717) is 6.07 Å². The predicted molar refractivity (Wildman–Crippen MR) is 65.7 cm³/mol. The van der Waals surface area contributed by atoms with Crippen LogP contribution in [0.4, 0.5) is 17.6 Å². The lowest BCUT2D eigenvalue weighted by molar-refractivity contribution is -0.141. The third kappa shape index (κ3) is 2.41. The van der Waals surface area contributed by atoms with E-state index in [-0.39, 0.29) is 17.0 Å². The Labute approximate surface area is 114 Å².